The van der Waals surface area contributed by atoms with Crippen LogP contribution in [0.15, 0.2) is 0 Å². The predicted molar refractivity (Wildman–Crippen MR) is 55.2 cm³/mol. The Morgan fingerprint density at radius 2 is 1.86 bits per heavy atom. The van der Waals surface area contributed by atoms with Gasteiger partial charge in [0, 0.05) is 0 Å². The van der Waals surface area contributed by atoms with E-state index in [1.54, 1.807) is 20.8 Å². The summed E-state index contributed by atoms with van der Waals surface area (Å²) >= 11 is 3.04. The zero-order valence-electron chi connectivity index (χ0n) is 8.80. The highest BCUT2D eigenvalue weighted by atomic mass is 79.9. The lowest BCUT2D eigenvalue weighted by molar-refractivity contribution is -0.157. The van der Waals surface area contributed by atoms with Gasteiger partial charge in [-0.1, -0.05) is 15.9 Å². The van der Waals surface area contributed by atoms with Gasteiger partial charge in [-0.15, -0.1) is 0 Å². The molecule has 0 aliphatic carbocycles. The van der Waals surface area contributed by atoms with Crippen molar-refractivity contribution in [2.24, 2.45) is 0 Å². The Bertz CT molecular complexity index is 219. The van der Waals surface area contributed by atoms with Gasteiger partial charge in [-0.2, -0.15) is 0 Å². The lowest BCUT2D eigenvalue weighted by Crippen LogP contribution is -2.27. The predicted octanol–water partition coefficient (Wildman–Crippen LogP) is 1.65. The largest absolute Gasteiger partial charge is 0.468 e. The number of carbonyl (C=O) groups excluding carboxylic acids is 2. The number of carbonyl (C=O) groups is 2. The van der Waals surface area contributed by atoms with Gasteiger partial charge < -0.3 is 9.47 Å². The highest BCUT2D eigenvalue weighted by molar-refractivity contribution is 9.10. The monoisotopic (exact) mass is 266 g/mol. The first-order valence-corrected chi connectivity index (χ1v) is 5.11. The first-order chi connectivity index (χ1) is 6.26. The summed E-state index contributed by atoms with van der Waals surface area (Å²) in [5.41, 5.74) is -0.528. The average Bonchev–Trinajstić information content (AvgIpc) is 1.99. The maximum absolute atomic E-state index is 11.2. The van der Waals surface area contributed by atoms with Crippen LogP contribution in [-0.2, 0) is 19.1 Å². The van der Waals surface area contributed by atoms with E-state index in [9.17, 15) is 9.59 Å². The first-order valence-electron chi connectivity index (χ1n) is 4.20. The molecule has 4 nitrogen and oxygen atoms in total. The van der Waals surface area contributed by atoms with E-state index in [1.165, 1.54) is 7.11 Å². The molecule has 0 fully saturated rings. The van der Waals surface area contributed by atoms with Crippen LogP contribution in [0.4, 0.5) is 0 Å². The Morgan fingerprint density at radius 3 is 2.21 bits per heavy atom. The highest BCUT2D eigenvalue weighted by Crippen LogP contribution is 2.13. The maximum Gasteiger partial charge on any atom is 0.320 e. The summed E-state index contributed by atoms with van der Waals surface area (Å²) in [7, 11) is 1.27. The molecule has 0 unspecified atom stereocenters. The van der Waals surface area contributed by atoms with Crippen molar-refractivity contribution in [3.63, 3.8) is 0 Å². The van der Waals surface area contributed by atoms with E-state index in [-0.39, 0.29) is 6.42 Å². The molecule has 0 saturated carbocycles. The van der Waals surface area contributed by atoms with Crippen molar-refractivity contribution in [2.45, 2.75) is 37.6 Å². The van der Waals surface area contributed by atoms with Gasteiger partial charge in [0.05, 0.1) is 13.5 Å². The summed E-state index contributed by atoms with van der Waals surface area (Å²) in [6, 6.07) is 0. The SMILES string of the molecule is COC(=O)[C@H](Br)CC(=O)OC(C)(C)C. The lowest BCUT2D eigenvalue weighted by Gasteiger charge is -2.20. The van der Waals surface area contributed by atoms with E-state index in [0.29, 0.717) is 0 Å². The fourth-order valence-electron chi connectivity index (χ4n) is 0.741. The Labute approximate surface area is 92.1 Å². The number of rotatable bonds is 3. The normalized spacial score (nSPS) is 13.2. The Hall–Kier alpha value is -0.580. The summed E-state index contributed by atoms with van der Waals surface area (Å²) in [6.07, 6.45) is -0.0239. The second kappa shape index (κ2) is 5.34. The second-order valence-corrected chi connectivity index (χ2v) is 4.89. The molecule has 0 spiro atoms. The fraction of sp³-hybridized carbons (Fsp3) is 0.778. The molecule has 0 heterocycles. The minimum absolute atomic E-state index is 0.0239. The third-order valence-electron chi connectivity index (χ3n) is 1.22. The van der Waals surface area contributed by atoms with Gasteiger partial charge in [0.25, 0.3) is 0 Å². The topological polar surface area (TPSA) is 52.6 Å². The summed E-state index contributed by atoms with van der Waals surface area (Å²) in [5.74, 6) is -0.902. The van der Waals surface area contributed by atoms with Gasteiger partial charge in [-0.05, 0) is 20.8 Å². The third kappa shape index (κ3) is 5.96. The summed E-state index contributed by atoms with van der Waals surface area (Å²) in [6.45, 7) is 5.31. The molecule has 0 aromatic rings. The van der Waals surface area contributed by atoms with Crippen LogP contribution in [0, 0.1) is 0 Å². The zero-order valence-corrected chi connectivity index (χ0v) is 10.4. The van der Waals surface area contributed by atoms with Gasteiger partial charge >= 0.3 is 11.9 Å². The molecule has 0 aromatic heterocycles. The molecule has 0 N–H and O–H groups in total. The van der Waals surface area contributed by atoms with Crippen molar-refractivity contribution in [3.05, 3.63) is 0 Å². The molecule has 0 aromatic carbocycles. The molecule has 0 saturated heterocycles. The molecule has 0 aliphatic heterocycles. The van der Waals surface area contributed by atoms with Crippen LogP contribution in [0.1, 0.15) is 27.2 Å². The molecule has 5 heteroatoms. The minimum atomic E-state index is -0.637. The fourth-order valence-corrected chi connectivity index (χ4v) is 1.19. The third-order valence-corrected chi connectivity index (χ3v) is 1.92. The van der Waals surface area contributed by atoms with E-state index in [2.05, 4.69) is 20.7 Å². The Morgan fingerprint density at radius 1 is 1.36 bits per heavy atom. The summed E-state index contributed by atoms with van der Waals surface area (Å²) in [4.78, 5) is 21.5. The molecular formula is C9H15BrO4. The Kier molecular flexibility index (Phi) is 5.12. The smallest absolute Gasteiger partial charge is 0.320 e. The van der Waals surface area contributed by atoms with Gasteiger partial charge in [0.15, 0.2) is 0 Å². The van der Waals surface area contributed by atoms with Crippen molar-refractivity contribution < 1.29 is 19.1 Å². The number of methoxy groups -OCH3 is 1. The molecule has 1 atom stereocenters. The van der Waals surface area contributed by atoms with Gasteiger partial charge in [-0.3, -0.25) is 9.59 Å². The van der Waals surface area contributed by atoms with Crippen LogP contribution in [0.5, 0.6) is 0 Å². The Balaban J connectivity index is 4.01. The van der Waals surface area contributed by atoms with Crippen LogP contribution in [-0.4, -0.2) is 29.5 Å². The van der Waals surface area contributed by atoms with Crippen LogP contribution in [0.3, 0.4) is 0 Å². The van der Waals surface area contributed by atoms with Gasteiger partial charge in [-0.25, -0.2) is 0 Å². The summed E-state index contributed by atoms with van der Waals surface area (Å²) in [5, 5.41) is 0. The molecule has 14 heavy (non-hydrogen) atoms. The van der Waals surface area contributed by atoms with Crippen LogP contribution >= 0.6 is 15.9 Å². The lowest BCUT2D eigenvalue weighted by atomic mass is 10.2. The average molecular weight is 267 g/mol. The number of hydrogen-bond acceptors (Lipinski definition) is 4. The van der Waals surface area contributed by atoms with Crippen molar-refractivity contribution in [1.82, 2.24) is 0 Å². The highest BCUT2D eigenvalue weighted by Gasteiger charge is 2.23. The molecule has 0 radical (unpaired) electrons. The molecule has 0 amide bonds. The van der Waals surface area contributed by atoms with Crippen LogP contribution in [0.25, 0.3) is 0 Å². The number of halogens is 1. The number of alkyl halides is 1. The van der Waals surface area contributed by atoms with Crippen molar-refractivity contribution in [3.8, 4) is 0 Å². The first kappa shape index (κ1) is 13.4. The van der Waals surface area contributed by atoms with Crippen molar-refractivity contribution in [1.29, 1.82) is 0 Å². The van der Waals surface area contributed by atoms with E-state index < -0.39 is 22.4 Å². The molecule has 82 valence electrons. The quantitative estimate of drug-likeness (QED) is 0.576. The van der Waals surface area contributed by atoms with Gasteiger partial charge in [0.1, 0.15) is 10.4 Å². The van der Waals surface area contributed by atoms with E-state index in [4.69, 9.17) is 4.74 Å². The molecule has 0 aliphatic rings. The van der Waals surface area contributed by atoms with Gasteiger partial charge in [0.2, 0.25) is 0 Å². The standard InChI is InChI=1S/C9H15BrO4/c1-9(2,3)14-7(11)5-6(10)8(12)13-4/h6H,5H2,1-4H3/t6-/m1/s1. The van der Waals surface area contributed by atoms with Crippen LogP contribution < -0.4 is 0 Å². The summed E-state index contributed by atoms with van der Waals surface area (Å²) < 4.78 is 9.48. The van der Waals surface area contributed by atoms with Crippen molar-refractivity contribution >= 4 is 27.9 Å². The maximum atomic E-state index is 11.2. The second-order valence-electron chi connectivity index (χ2n) is 3.78. The van der Waals surface area contributed by atoms with Crippen molar-refractivity contribution in [2.75, 3.05) is 7.11 Å². The molecular weight excluding hydrogens is 252 g/mol. The van der Waals surface area contributed by atoms with E-state index in [0.717, 1.165) is 0 Å². The molecule has 0 rings (SSSR count). The number of esters is 2. The van der Waals surface area contributed by atoms with E-state index in [1.807, 2.05) is 0 Å². The number of ether oxygens (including phenoxy) is 2. The molecule has 0 bridgehead atoms. The zero-order chi connectivity index (χ0) is 11.4. The minimum Gasteiger partial charge on any atom is -0.468 e. The van der Waals surface area contributed by atoms with Crippen LogP contribution in [0.2, 0.25) is 0 Å². The number of hydrogen-bond donors (Lipinski definition) is 0. The van der Waals surface area contributed by atoms with E-state index >= 15 is 0 Å².